The average Bonchev–Trinajstić information content (AvgIpc) is 2.93. The molecule has 2 aromatic heterocycles. The maximum atomic E-state index is 5.87. The van der Waals surface area contributed by atoms with Crippen molar-refractivity contribution in [3.05, 3.63) is 45.0 Å². The van der Waals surface area contributed by atoms with Gasteiger partial charge in [0, 0.05) is 22.0 Å². The summed E-state index contributed by atoms with van der Waals surface area (Å²) in [7, 11) is 0. The minimum absolute atomic E-state index is 0.396. The van der Waals surface area contributed by atoms with Gasteiger partial charge in [-0.25, -0.2) is 0 Å². The third-order valence-corrected chi connectivity index (χ3v) is 4.60. The standard InChI is InChI=1S/C15H14BrN3OS/c1-9(2)15-19-18-13(21-15)8-20-12-5-3-4-10-6-11(16)7-17-14(10)12/h3-7,9H,8H2,1-2H3. The van der Waals surface area contributed by atoms with Gasteiger partial charge in [0.05, 0.1) is 0 Å². The van der Waals surface area contributed by atoms with Crippen molar-refractivity contribution in [1.82, 2.24) is 15.2 Å². The van der Waals surface area contributed by atoms with E-state index in [1.807, 2.05) is 24.3 Å². The summed E-state index contributed by atoms with van der Waals surface area (Å²) in [6.07, 6.45) is 1.77. The highest BCUT2D eigenvalue weighted by atomic mass is 79.9. The van der Waals surface area contributed by atoms with Gasteiger partial charge in [-0.2, -0.15) is 0 Å². The fraction of sp³-hybridized carbons (Fsp3) is 0.267. The van der Waals surface area contributed by atoms with Crippen molar-refractivity contribution in [3.63, 3.8) is 0 Å². The molecule has 0 spiro atoms. The molecule has 0 fully saturated rings. The van der Waals surface area contributed by atoms with Crippen LogP contribution in [-0.4, -0.2) is 15.2 Å². The highest BCUT2D eigenvalue weighted by Crippen LogP contribution is 2.27. The van der Waals surface area contributed by atoms with Crippen LogP contribution >= 0.6 is 27.3 Å². The van der Waals surface area contributed by atoms with Gasteiger partial charge in [-0.3, -0.25) is 4.98 Å². The molecular weight excluding hydrogens is 350 g/mol. The zero-order valence-corrected chi connectivity index (χ0v) is 14.1. The van der Waals surface area contributed by atoms with Gasteiger partial charge >= 0.3 is 0 Å². The van der Waals surface area contributed by atoms with Crippen LogP contribution in [0.3, 0.4) is 0 Å². The number of aromatic nitrogens is 3. The molecule has 0 saturated heterocycles. The van der Waals surface area contributed by atoms with Gasteiger partial charge in [-0.05, 0) is 28.1 Å². The number of ether oxygens (including phenoxy) is 1. The smallest absolute Gasteiger partial charge is 0.155 e. The molecule has 6 heteroatoms. The first-order valence-corrected chi connectivity index (χ1v) is 8.24. The molecule has 4 nitrogen and oxygen atoms in total. The van der Waals surface area contributed by atoms with E-state index in [1.165, 1.54) is 0 Å². The number of pyridine rings is 1. The first kappa shape index (κ1) is 14.4. The normalized spacial score (nSPS) is 11.2. The van der Waals surface area contributed by atoms with Crippen molar-refractivity contribution >= 4 is 38.2 Å². The molecule has 0 aliphatic rings. The highest BCUT2D eigenvalue weighted by Gasteiger charge is 2.09. The van der Waals surface area contributed by atoms with E-state index in [0.29, 0.717) is 12.5 Å². The molecule has 0 unspecified atom stereocenters. The van der Waals surface area contributed by atoms with E-state index in [9.17, 15) is 0 Å². The van der Waals surface area contributed by atoms with Crippen LogP contribution in [0.4, 0.5) is 0 Å². The summed E-state index contributed by atoms with van der Waals surface area (Å²) in [5.74, 6) is 1.16. The monoisotopic (exact) mass is 363 g/mol. The lowest BCUT2D eigenvalue weighted by molar-refractivity contribution is 0.307. The predicted molar refractivity (Wildman–Crippen MR) is 87.8 cm³/mol. The first-order valence-electron chi connectivity index (χ1n) is 6.63. The molecule has 1 aromatic carbocycles. The molecule has 2 heterocycles. The summed E-state index contributed by atoms with van der Waals surface area (Å²) in [6.45, 7) is 4.64. The Labute approximate surface area is 135 Å². The van der Waals surface area contributed by atoms with Gasteiger partial charge in [-0.15, -0.1) is 10.2 Å². The van der Waals surface area contributed by atoms with E-state index in [2.05, 4.69) is 45.0 Å². The maximum Gasteiger partial charge on any atom is 0.155 e. The number of halogens is 1. The SMILES string of the molecule is CC(C)c1nnc(COc2cccc3cc(Br)cnc23)s1. The number of fused-ring (bicyclic) bond motifs is 1. The van der Waals surface area contributed by atoms with E-state index in [-0.39, 0.29) is 0 Å². The molecule has 3 aromatic rings. The van der Waals surface area contributed by atoms with E-state index < -0.39 is 0 Å². The van der Waals surface area contributed by atoms with Crippen LogP contribution < -0.4 is 4.74 Å². The molecular formula is C15H14BrN3OS. The van der Waals surface area contributed by atoms with Gasteiger partial charge in [0.2, 0.25) is 0 Å². The Morgan fingerprint density at radius 3 is 2.90 bits per heavy atom. The molecule has 0 saturated carbocycles. The Morgan fingerprint density at radius 1 is 1.29 bits per heavy atom. The van der Waals surface area contributed by atoms with Gasteiger partial charge in [-0.1, -0.05) is 37.3 Å². The molecule has 108 valence electrons. The van der Waals surface area contributed by atoms with Crippen LogP contribution in [0.1, 0.15) is 29.8 Å². The lowest BCUT2D eigenvalue weighted by Crippen LogP contribution is -1.96. The molecule has 0 aliphatic heterocycles. The second kappa shape index (κ2) is 6.07. The van der Waals surface area contributed by atoms with Crippen molar-refractivity contribution in [1.29, 1.82) is 0 Å². The third kappa shape index (κ3) is 3.22. The Balaban J connectivity index is 1.81. The Morgan fingerprint density at radius 2 is 2.14 bits per heavy atom. The summed E-state index contributed by atoms with van der Waals surface area (Å²) in [5, 5.41) is 11.3. The van der Waals surface area contributed by atoms with Crippen LogP contribution in [0.15, 0.2) is 34.9 Å². The lowest BCUT2D eigenvalue weighted by Gasteiger charge is -2.07. The summed E-state index contributed by atoms with van der Waals surface area (Å²) in [4.78, 5) is 4.42. The van der Waals surface area contributed by atoms with Gasteiger partial charge < -0.3 is 4.74 Å². The van der Waals surface area contributed by atoms with Crippen molar-refractivity contribution in [2.75, 3.05) is 0 Å². The van der Waals surface area contributed by atoms with E-state index in [1.54, 1.807) is 17.5 Å². The summed E-state index contributed by atoms with van der Waals surface area (Å²) < 4.78 is 6.82. The zero-order valence-electron chi connectivity index (χ0n) is 11.7. The predicted octanol–water partition coefficient (Wildman–Crippen LogP) is 4.55. The molecule has 0 radical (unpaired) electrons. The van der Waals surface area contributed by atoms with Crippen molar-refractivity contribution in [2.24, 2.45) is 0 Å². The summed E-state index contributed by atoms with van der Waals surface area (Å²) in [5.41, 5.74) is 0.856. The fourth-order valence-electron chi connectivity index (χ4n) is 1.92. The number of hydrogen-bond acceptors (Lipinski definition) is 5. The van der Waals surface area contributed by atoms with Crippen LogP contribution in [0.2, 0.25) is 0 Å². The fourth-order valence-corrected chi connectivity index (χ4v) is 3.03. The second-order valence-corrected chi connectivity index (χ2v) is 6.97. The maximum absolute atomic E-state index is 5.87. The average molecular weight is 364 g/mol. The second-order valence-electron chi connectivity index (χ2n) is 4.96. The first-order chi connectivity index (χ1) is 10.1. The molecule has 0 aliphatic carbocycles. The number of rotatable bonds is 4. The minimum Gasteiger partial charge on any atom is -0.484 e. The van der Waals surface area contributed by atoms with E-state index >= 15 is 0 Å². The largest absolute Gasteiger partial charge is 0.484 e. The number of benzene rings is 1. The number of para-hydroxylation sites is 1. The van der Waals surface area contributed by atoms with Crippen LogP contribution in [0.5, 0.6) is 5.75 Å². The minimum atomic E-state index is 0.396. The molecule has 3 rings (SSSR count). The van der Waals surface area contributed by atoms with Crippen LogP contribution in [0, 0.1) is 0 Å². The third-order valence-electron chi connectivity index (χ3n) is 2.97. The Hall–Kier alpha value is -1.53. The highest BCUT2D eigenvalue weighted by molar-refractivity contribution is 9.10. The van der Waals surface area contributed by atoms with Crippen molar-refractivity contribution < 1.29 is 4.74 Å². The van der Waals surface area contributed by atoms with Crippen LogP contribution in [0.25, 0.3) is 10.9 Å². The topological polar surface area (TPSA) is 47.9 Å². The molecule has 0 bridgehead atoms. The van der Waals surface area contributed by atoms with Gasteiger partial charge in [0.15, 0.2) is 5.01 Å². The zero-order chi connectivity index (χ0) is 14.8. The Bertz CT molecular complexity index is 772. The molecule has 21 heavy (non-hydrogen) atoms. The molecule has 0 N–H and O–H groups in total. The van der Waals surface area contributed by atoms with Crippen molar-refractivity contribution in [2.45, 2.75) is 26.4 Å². The summed E-state index contributed by atoms with van der Waals surface area (Å²) in [6, 6.07) is 7.93. The number of hydrogen-bond donors (Lipinski definition) is 0. The van der Waals surface area contributed by atoms with Gasteiger partial charge in [0.1, 0.15) is 22.9 Å². The lowest BCUT2D eigenvalue weighted by atomic mass is 10.2. The quantitative estimate of drug-likeness (QED) is 0.681. The Kier molecular flexibility index (Phi) is 4.17. The van der Waals surface area contributed by atoms with E-state index in [0.717, 1.165) is 31.1 Å². The summed E-state index contributed by atoms with van der Waals surface area (Å²) >= 11 is 5.02. The molecule has 0 atom stereocenters. The number of nitrogens with zero attached hydrogens (tertiary/aromatic N) is 3. The van der Waals surface area contributed by atoms with Gasteiger partial charge in [0.25, 0.3) is 0 Å². The van der Waals surface area contributed by atoms with Crippen LogP contribution in [-0.2, 0) is 6.61 Å². The molecule has 0 amide bonds. The van der Waals surface area contributed by atoms with Crippen molar-refractivity contribution in [3.8, 4) is 5.75 Å². The van der Waals surface area contributed by atoms with E-state index in [4.69, 9.17) is 4.74 Å².